The van der Waals surface area contributed by atoms with Crippen LogP contribution >= 0.6 is 0 Å². The van der Waals surface area contributed by atoms with Gasteiger partial charge in [0.2, 0.25) is 0 Å². The Balaban J connectivity index is 0.00000103. The van der Waals surface area contributed by atoms with Crippen LogP contribution in [0.1, 0.15) is 32.8 Å². The fourth-order valence-electron chi connectivity index (χ4n) is 1.58. The lowest BCUT2D eigenvalue weighted by molar-refractivity contribution is -0.192. The van der Waals surface area contributed by atoms with Gasteiger partial charge in [-0.15, -0.1) is 0 Å². The molecule has 0 aromatic heterocycles. The van der Waals surface area contributed by atoms with Crippen molar-refractivity contribution in [3.8, 4) is 0 Å². The summed E-state index contributed by atoms with van der Waals surface area (Å²) < 4.78 is 41.3. The quantitative estimate of drug-likeness (QED) is 0.470. The lowest BCUT2D eigenvalue weighted by Gasteiger charge is -2.19. The summed E-state index contributed by atoms with van der Waals surface area (Å²) in [5.74, 6) is -4.38. The normalized spacial score (nSPS) is 12.0. The number of carboxylic acids is 1. The first-order chi connectivity index (χ1) is 13.6. The predicted octanol–water partition coefficient (Wildman–Crippen LogP) is 2.13. The van der Waals surface area contributed by atoms with Crippen molar-refractivity contribution in [3.63, 3.8) is 0 Å². The van der Waals surface area contributed by atoms with Gasteiger partial charge in [0, 0.05) is 5.54 Å². The number of benzene rings is 1. The SMILES string of the molecule is CC(C)(C)NC(=O)OC(=O)C[C@H](N)C(=O)OCc1ccccc1.O=C(O)C(F)(F)F. The molecule has 0 radical (unpaired) electrons. The van der Waals surface area contributed by atoms with Crippen molar-refractivity contribution >= 4 is 24.0 Å². The third kappa shape index (κ3) is 13.1. The number of carbonyl (C=O) groups is 4. The third-order valence-electron chi connectivity index (χ3n) is 2.84. The number of nitrogens with one attached hydrogen (secondary N) is 1. The van der Waals surface area contributed by atoms with Crippen molar-refractivity contribution in [2.75, 3.05) is 0 Å². The highest BCUT2D eigenvalue weighted by molar-refractivity contribution is 5.88. The molecular formula is C18H23F3N2O7. The Bertz CT molecular complexity index is 732. The molecule has 0 saturated carbocycles. The standard InChI is InChI=1S/C16H22N2O5.C2HF3O2/c1-16(2,3)18-15(21)23-13(19)9-12(17)14(20)22-10-11-7-5-4-6-8-11;3-2(4,5)1(6)7/h4-8,12H,9-10,17H2,1-3H3,(H,18,21);(H,6,7)/t12-;/m0./s1. The smallest absolute Gasteiger partial charge is 0.475 e. The number of halogens is 3. The Kier molecular flexibility index (Phi) is 10.5. The zero-order valence-electron chi connectivity index (χ0n) is 16.5. The summed E-state index contributed by atoms with van der Waals surface area (Å²) in [6, 6.07) is 7.88. The van der Waals surface area contributed by atoms with Gasteiger partial charge >= 0.3 is 30.2 Å². The first kappa shape index (κ1) is 26.9. The van der Waals surface area contributed by atoms with Crippen LogP contribution in [0.25, 0.3) is 0 Å². The first-order valence-electron chi connectivity index (χ1n) is 8.41. The number of hydrogen-bond acceptors (Lipinski definition) is 7. The summed E-state index contributed by atoms with van der Waals surface area (Å²) >= 11 is 0. The molecule has 0 aliphatic rings. The molecule has 0 heterocycles. The van der Waals surface area contributed by atoms with E-state index in [2.05, 4.69) is 10.1 Å². The molecule has 0 aliphatic heterocycles. The fourth-order valence-corrected chi connectivity index (χ4v) is 1.58. The number of alkyl carbamates (subject to hydrolysis) is 1. The van der Waals surface area contributed by atoms with Gasteiger partial charge < -0.3 is 25.6 Å². The molecule has 0 unspecified atom stereocenters. The summed E-state index contributed by atoms with van der Waals surface area (Å²) in [5, 5.41) is 9.59. The van der Waals surface area contributed by atoms with Crippen LogP contribution in [0.15, 0.2) is 30.3 Å². The van der Waals surface area contributed by atoms with Gasteiger partial charge in [-0.05, 0) is 26.3 Å². The second-order valence-electron chi connectivity index (χ2n) is 6.84. The van der Waals surface area contributed by atoms with Gasteiger partial charge in [0.1, 0.15) is 12.6 Å². The maximum Gasteiger partial charge on any atom is 0.490 e. The van der Waals surface area contributed by atoms with E-state index in [-0.39, 0.29) is 6.61 Å². The second-order valence-corrected chi connectivity index (χ2v) is 6.84. The number of alkyl halides is 3. The van der Waals surface area contributed by atoms with Crippen molar-refractivity contribution in [1.82, 2.24) is 5.32 Å². The van der Waals surface area contributed by atoms with Crippen molar-refractivity contribution in [2.24, 2.45) is 5.73 Å². The van der Waals surface area contributed by atoms with E-state index in [4.69, 9.17) is 20.4 Å². The minimum atomic E-state index is -5.08. The van der Waals surface area contributed by atoms with Gasteiger partial charge in [0.25, 0.3) is 0 Å². The van der Waals surface area contributed by atoms with E-state index in [1.807, 2.05) is 18.2 Å². The highest BCUT2D eigenvalue weighted by atomic mass is 19.4. The van der Waals surface area contributed by atoms with Gasteiger partial charge in [-0.2, -0.15) is 13.2 Å². The third-order valence-corrected chi connectivity index (χ3v) is 2.84. The average molecular weight is 436 g/mol. The molecule has 0 fully saturated rings. The highest BCUT2D eigenvalue weighted by Crippen LogP contribution is 2.13. The first-order valence-corrected chi connectivity index (χ1v) is 8.41. The maximum atomic E-state index is 11.7. The Morgan fingerprint density at radius 3 is 2.03 bits per heavy atom. The summed E-state index contributed by atoms with van der Waals surface area (Å²) in [7, 11) is 0. The molecule has 9 nitrogen and oxygen atoms in total. The van der Waals surface area contributed by atoms with Crippen LogP contribution in [0.2, 0.25) is 0 Å². The number of ether oxygens (including phenoxy) is 2. The predicted molar refractivity (Wildman–Crippen MR) is 96.9 cm³/mol. The summed E-state index contributed by atoms with van der Waals surface area (Å²) in [4.78, 5) is 43.6. The van der Waals surface area contributed by atoms with Crippen molar-refractivity contribution in [1.29, 1.82) is 0 Å². The molecule has 1 atom stereocenters. The molecule has 168 valence electrons. The number of hydrogen-bond donors (Lipinski definition) is 3. The lowest BCUT2D eigenvalue weighted by Crippen LogP contribution is -2.42. The van der Waals surface area contributed by atoms with E-state index in [0.29, 0.717) is 0 Å². The Morgan fingerprint density at radius 1 is 1.10 bits per heavy atom. The van der Waals surface area contributed by atoms with E-state index in [9.17, 15) is 27.6 Å². The molecule has 1 aromatic rings. The van der Waals surface area contributed by atoms with Crippen molar-refractivity contribution in [3.05, 3.63) is 35.9 Å². The summed E-state index contributed by atoms with van der Waals surface area (Å²) in [6.07, 6.45) is -6.40. The lowest BCUT2D eigenvalue weighted by atomic mass is 10.1. The largest absolute Gasteiger partial charge is 0.490 e. The second kappa shape index (κ2) is 11.8. The van der Waals surface area contributed by atoms with Crippen molar-refractivity contribution in [2.45, 2.75) is 51.6 Å². The molecule has 4 N–H and O–H groups in total. The van der Waals surface area contributed by atoms with Crippen LogP contribution in [0.5, 0.6) is 0 Å². The monoisotopic (exact) mass is 436 g/mol. The van der Waals surface area contributed by atoms with E-state index >= 15 is 0 Å². The Labute approximate surface area is 170 Å². The Hall–Kier alpha value is -3.15. The zero-order valence-corrected chi connectivity index (χ0v) is 16.5. The number of amides is 1. The molecule has 30 heavy (non-hydrogen) atoms. The van der Waals surface area contributed by atoms with E-state index in [1.165, 1.54) is 0 Å². The molecule has 1 amide bonds. The molecule has 12 heteroatoms. The zero-order chi connectivity index (χ0) is 23.5. The minimum absolute atomic E-state index is 0.0624. The molecule has 1 rings (SSSR count). The van der Waals surface area contributed by atoms with E-state index in [0.717, 1.165) is 5.56 Å². The van der Waals surface area contributed by atoms with Gasteiger partial charge in [-0.3, -0.25) is 9.59 Å². The van der Waals surface area contributed by atoms with Crippen LogP contribution in [0.3, 0.4) is 0 Å². The van der Waals surface area contributed by atoms with Crippen LogP contribution in [0, 0.1) is 0 Å². The number of aliphatic carboxylic acids is 1. The number of carboxylic acid groups (broad SMARTS) is 1. The molecule has 0 aliphatic carbocycles. The highest BCUT2D eigenvalue weighted by Gasteiger charge is 2.38. The molecule has 0 spiro atoms. The van der Waals surface area contributed by atoms with Gasteiger partial charge in [0.15, 0.2) is 0 Å². The van der Waals surface area contributed by atoms with Crippen LogP contribution in [0.4, 0.5) is 18.0 Å². The average Bonchev–Trinajstić information content (AvgIpc) is 2.58. The van der Waals surface area contributed by atoms with Crippen molar-refractivity contribution < 1.29 is 46.9 Å². The van der Waals surface area contributed by atoms with Crippen LogP contribution in [-0.4, -0.2) is 46.9 Å². The van der Waals surface area contributed by atoms with E-state index < -0.39 is 48.2 Å². The fraction of sp³-hybridized carbons (Fsp3) is 0.444. The number of rotatable bonds is 5. The van der Waals surface area contributed by atoms with E-state index in [1.54, 1.807) is 32.9 Å². The van der Waals surface area contributed by atoms with Gasteiger partial charge in [0.05, 0.1) is 6.42 Å². The van der Waals surface area contributed by atoms with Gasteiger partial charge in [-0.1, -0.05) is 30.3 Å². The van der Waals surface area contributed by atoms with Crippen LogP contribution in [-0.2, 0) is 30.5 Å². The molecular weight excluding hydrogens is 413 g/mol. The maximum absolute atomic E-state index is 11.7. The summed E-state index contributed by atoms with van der Waals surface area (Å²) in [5.41, 5.74) is 5.85. The van der Waals surface area contributed by atoms with Crippen LogP contribution < -0.4 is 11.1 Å². The summed E-state index contributed by atoms with van der Waals surface area (Å²) in [6.45, 7) is 5.29. The Morgan fingerprint density at radius 2 is 1.60 bits per heavy atom. The molecule has 0 bridgehead atoms. The van der Waals surface area contributed by atoms with Gasteiger partial charge in [-0.25, -0.2) is 9.59 Å². The molecule has 0 saturated heterocycles. The number of nitrogens with two attached hydrogens (primary N) is 1. The number of carbonyl (C=O) groups excluding carboxylic acids is 3. The topological polar surface area (TPSA) is 145 Å². The number of esters is 2. The molecule has 1 aromatic carbocycles. The minimum Gasteiger partial charge on any atom is -0.475 e.